The van der Waals surface area contributed by atoms with Crippen molar-refractivity contribution < 1.29 is 13.9 Å². The fraction of sp³-hybridized carbons (Fsp3) is 0.700. The van der Waals surface area contributed by atoms with Crippen LogP contribution in [0.5, 0.6) is 0 Å². The second kappa shape index (κ2) is 8.12. The molecule has 4 rings (SSSR count). The first-order valence-corrected chi connectivity index (χ1v) is 9.74. The monoisotopic (exact) mass is 348 g/mol. The minimum Gasteiger partial charge on any atom is -0.374 e. The molecule has 0 unspecified atom stereocenters. The minimum absolute atomic E-state index is 0.170. The second-order valence-electron chi connectivity index (χ2n) is 7.54. The van der Waals surface area contributed by atoms with Crippen LogP contribution in [0.25, 0.3) is 0 Å². The Morgan fingerprint density at radius 3 is 2.68 bits per heavy atom. The Morgan fingerprint density at radius 2 is 1.88 bits per heavy atom. The van der Waals surface area contributed by atoms with E-state index in [2.05, 4.69) is 9.80 Å². The summed E-state index contributed by atoms with van der Waals surface area (Å²) in [6.07, 6.45) is 5.28. The van der Waals surface area contributed by atoms with Crippen molar-refractivity contribution in [3.63, 3.8) is 0 Å². The number of ether oxygens (including phenoxy) is 2. The van der Waals surface area contributed by atoms with Gasteiger partial charge in [0.25, 0.3) is 0 Å². The highest BCUT2D eigenvalue weighted by Crippen LogP contribution is 2.33. The molecule has 4 nitrogen and oxygen atoms in total. The van der Waals surface area contributed by atoms with E-state index in [-0.39, 0.29) is 18.0 Å². The number of nitrogens with zero attached hydrogens (tertiary/aromatic N) is 2. The van der Waals surface area contributed by atoms with Gasteiger partial charge in [-0.05, 0) is 56.5 Å². The van der Waals surface area contributed by atoms with E-state index in [1.807, 2.05) is 12.1 Å². The van der Waals surface area contributed by atoms with Crippen LogP contribution in [0.3, 0.4) is 0 Å². The maximum absolute atomic E-state index is 13.1. The first-order chi connectivity index (χ1) is 12.3. The van der Waals surface area contributed by atoms with Gasteiger partial charge < -0.3 is 14.4 Å². The summed E-state index contributed by atoms with van der Waals surface area (Å²) in [5.41, 5.74) is 1.17. The third-order valence-electron chi connectivity index (χ3n) is 5.89. The Morgan fingerprint density at radius 1 is 1.08 bits per heavy atom. The summed E-state index contributed by atoms with van der Waals surface area (Å²) in [5, 5.41) is 0. The number of benzene rings is 1. The topological polar surface area (TPSA) is 24.9 Å². The molecule has 0 aromatic heterocycles. The van der Waals surface area contributed by atoms with Crippen LogP contribution in [-0.2, 0) is 16.0 Å². The zero-order chi connectivity index (χ0) is 17.1. The van der Waals surface area contributed by atoms with E-state index in [1.54, 1.807) is 12.1 Å². The number of rotatable bonds is 6. The van der Waals surface area contributed by atoms with Gasteiger partial charge in [0.05, 0.1) is 25.4 Å². The molecule has 3 aliphatic rings. The summed E-state index contributed by atoms with van der Waals surface area (Å²) in [6, 6.07) is 7.30. The van der Waals surface area contributed by atoms with Crippen molar-refractivity contribution in [2.45, 2.75) is 50.5 Å². The van der Waals surface area contributed by atoms with Crippen molar-refractivity contribution in [2.24, 2.45) is 0 Å². The Balaban J connectivity index is 1.29. The summed E-state index contributed by atoms with van der Waals surface area (Å²) in [4.78, 5) is 4.99. The summed E-state index contributed by atoms with van der Waals surface area (Å²) in [6.45, 7) is 6.88. The van der Waals surface area contributed by atoms with E-state index in [9.17, 15) is 4.39 Å². The number of morpholine rings is 1. The lowest BCUT2D eigenvalue weighted by Gasteiger charge is -2.39. The van der Waals surface area contributed by atoms with E-state index < -0.39 is 0 Å². The van der Waals surface area contributed by atoms with Crippen LogP contribution in [0, 0.1) is 5.82 Å². The molecule has 138 valence electrons. The van der Waals surface area contributed by atoms with Gasteiger partial charge in [0.1, 0.15) is 5.82 Å². The molecule has 5 heteroatoms. The number of halogens is 1. The summed E-state index contributed by atoms with van der Waals surface area (Å²) in [5.74, 6) is -0.170. The highest BCUT2D eigenvalue weighted by atomic mass is 19.1. The van der Waals surface area contributed by atoms with E-state index in [0.717, 1.165) is 45.7 Å². The molecule has 25 heavy (non-hydrogen) atoms. The van der Waals surface area contributed by atoms with Crippen molar-refractivity contribution in [3.8, 4) is 0 Å². The first kappa shape index (κ1) is 17.4. The number of likely N-dealkylation sites (tertiary alicyclic amines) is 1. The lowest BCUT2D eigenvalue weighted by Crippen LogP contribution is -2.51. The maximum Gasteiger partial charge on any atom is 0.123 e. The fourth-order valence-electron chi connectivity index (χ4n) is 4.53. The highest BCUT2D eigenvalue weighted by Gasteiger charge is 2.43. The standard InChI is InChI=1S/C20H29FN2O2/c21-17-5-3-16(4-6-17)15-23-12-14-25-20-18(23)7-8-19(20)24-13-11-22-9-1-2-10-22/h3-6,18-20H,1-2,7-15H2/t18-,19+,20+/m1/s1. The van der Waals surface area contributed by atoms with E-state index in [4.69, 9.17) is 9.47 Å². The molecule has 0 spiro atoms. The zero-order valence-electron chi connectivity index (χ0n) is 14.9. The first-order valence-electron chi connectivity index (χ1n) is 9.74. The average molecular weight is 348 g/mol. The van der Waals surface area contributed by atoms with Gasteiger partial charge in [0, 0.05) is 25.7 Å². The Bertz CT molecular complexity index is 547. The molecule has 2 aliphatic heterocycles. The van der Waals surface area contributed by atoms with Crippen molar-refractivity contribution in [2.75, 3.05) is 39.4 Å². The lowest BCUT2D eigenvalue weighted by molar-refractivity contribution is -0.116. The number of hydrogen-bond acceptors (Lipinski definition) is 4. The summed E-state index contributed by atoms with van der Waals surface area (Å²) < 4.78 is 25.4. The van der Waals surface area contributed by atoms with Crippen molar-refractivity contribution >= 4 is 0 Å². The van der Waals surface area contributed by atoms with Crippen LogP contribution >= 0.6 is 0 Å². The largest absolute Gasteiger partial charge is 0.374 e. The molecule has 1 aromatic rings. The van der Waals surface area contributed by atoms with Gasteiger partial charge in [-0.1, -0.05) is 12.1 Å². The van der Waals surface area contributed by atoms with Crippen LogP contribution in [0.15, 0.2) is 24.3 Å². The minimum atomic E-state index is -0.170. The molecule has 0 amide bonds. The fourth-order valence-corrected chi connectivity index (χ4v) is 4.53. The Labute approximate surface area is 149 Å². The molecule has 0 N–H and O–H groups in total. The molecule has 0 radical (unpaired) electrons. The second-order valence-corrected chi connectivity index (χ2v) is 7.54. The lowest BCUT2D eigenvalue weighted by atomic mass is 10.1. The van der Waals surface area contributed by atoms with Crippen molar-refractivity contribution in [1.82, 2.24) is 9.80 Å². The molecule has 2 saturated heterocycles. The SMILES string of the molecule is Fc1ccc(CN2CCO[C@@H]3[C@@H](OCCN4CCCC4)CC[C@H]32)cc1. The molecule has 1 aliphatic carbocycles. The maximum atomic E-state index is 13.1. The van der Waals surface area contributed by atoms with Gasteiger partial charge in [-0.15, -0.1) is 0 Å². The van der Waals surface area contributed by atoms with E-state index in [1.165, 1.54) is 31.5 Å². The Kier molecular flexibility index (Phi) is 5.66. The third kappa shape index (κ3) is 4.22. The van der Waals surface area contributed by atoms with Crippen LogP contribution < -0.4 is 0 Å². The summed E-state index contributed by atoms with van der Waals surface area (Å²) >= 11 is 0. The molecule has 0 bridgehead atoms. The molecular weight excluding hydrogens is 319 g/mol. The average Bonchev–Trinajstić information content (AvgIpc) is 3.28. The van der Waals surface area contributed by atoms with Crippen molar-refractivity contribution in [3.05, 3.63) is 35.6 Å². The van der Waals surface area contributed by atoms with Gasteiger partial charge in [0.15, 0.2) is 0 Å². The molecule has 3 atom stereocenters. The van der Waals surface area contributed by atoms with Crippen LogP contribution in [0.2, 0.25) is 0 Å². The van der Waals surface area contributed by atoms with Gasteiger partial charge in [-0.2, -0.15) is 0 Å². The predicted molar refractivity (Wildman–Crippen MR) is 95.0 cm³/mol. The van der Waals surface area contributed by atoms with Gasteiger partial charge in [-0.3, -0.25) is 4.90 Å². The quantitative estimate of drug-likeness (QED) is 0.789. The number of fused-ring (bicyclic) bond motifs is 1. The zero-order valence-corrected chi connectivity index (χ0v) is 14.9. The molecule has 1 saturated carbocycles. The summed E-state index contributed by atoms with van der Waals surface area (Å²) in [7, 11) is 0. The molecule has 2 heterocycles. The van der Waals surface area contributed by atoms with Crippen LogP contribution in [0.1, 0.15) is 31.2 Å². The molecule has 1 aromatic carbocycles. The van der Waals surface area contributed by atoms with Gasteiger partial charge in [-0.25, -0.2) is 4.39 Å². The molecule has 3 fully saturated rings. The smallest absolute Gasteiger partial charge is 0.123 e. The van der Waals surface area contributed by atoms with E-state index >= 15 is 0 Å². The molecular formula is C20H29FN2O2. The van der Waals surface area contributed by atoms with E-state index in [0.29, 0.717) is 6.04 Å². The predicted octanol–water partition coefficient (Wildman–Crippen LogP) is 2.67. The van der Waals surface area contributed by atoms with Gasteiger partial charge >= 0.3 is 0 Å². The van der Waals surface area contributed by atoms with Crippen LogP contribution in [0.4, 0.5) is 4.39 Å². The van der Waals surface area contributed by atoms with Gasteiger partial charge in [0.2, 0.25) is 0 Å². The normalized spacial score (nSPS) is 30.7. The van der Waals surface area contributed by atoms with Crippen LogP contribution in [-0.4, -0.2) is 67.4 Å². The highest BCUT2D eigenvalue weighted by molar-refractivity contribution is 5.16. The third-order valence-corrected chi connectivity index (χ3v) is 5.89. The van der Waals surface area contributed by atoms with Crippen molar-refractivity contribution in [1.29, 1.82) is 0 Å². The Hall–Kier alpha value is -1.01. The number of hydrogen-bond donors (Lipinski definition) is 0.